The minimum atomic E-state index is -0.210. The Morgan fingerprint density at radius 2 is 1.75 bits per heavy atom. The van der Waals surface area contributed by atoms with Crippen LogP contribution in [-0.4, -0.2) is 31.4 Å². The molecule has 1 saturated heterocycles. The number of nitrogens with one attached hydrogen (secondary N) is 2. The summed E-state index contributed by atoms with van der Waals surface area (Å²) in [5, 5.41) is 5.88. The molecule has 2 amide bonds. The van der Waals surface area contributed by atoms with Crippen molar-refractivity contribution in [3.05, 3.63) is 58.1 Å². The first-order valence-corrected chi connectivity index (χ1v) is 10.6. The number of piperidine rings is 1. The van der Waals surface area contributed by atoms with Crippen LogP contribution in [0.25, 0.3) is 0 Å². The van der Waals surface area contributed by atoms with Crippen LogP contribution in [-0.2, 0) is 0 Å². The maximum atomic E-state index is 12.8. The van der Waals surface area contributed by atoms with Crippen LogP contribution in [0.15, 0.2) is 46.9 Å². The fourth-order valence-electron chi connectivity index (χ4n) is 3.38. The molecule has 148 valence electrons. The SMILES string of the molecule is CCCNC(=O)c1cc(NC(=O)c2ccccc2Br)ccc1N1CCCCC1. The average molecular weight is 444 g/mol. The fourth-order valence-corrected chi connectivity index (χ4v) is 3.85. The molecule has 6 heteroatoms. The standard InChI is InChI=1S/C22H26BrN3O2/c1-2-12-24-21(27)18-15-16(10-11-20(18)26-13-6-3-7-14-26)25-22(28)17-8-4-5-9-19(17)23/h4-5,8-11,15H,2-3,6-7,12-14H2,1H3,(H,24,27)(H,25,28). The van der Waals surface area contributed by atoms with Gasteiger partial charge in [0.1, 0.15) is 0 Å². The highest BCUT2D eigenvalue weighted by Gasteiger charge is 2.20. The zero-order valence-corrected chi connectivity index (χ0v) is 17.7. The van der Waals surface area contributed by atoms with E-state index < -0.39 is 0 Å². The van der Waals surface area contributed by atoms with Crippen LogP contribution in [0.2, 0.25) is 0 Å². The lowest BCUT2D eigenvalue weighted by molar-refractivity contribution is 0.0952. The highest BCUT2D eigenvalue weighted by molar-refractivity contribution is 9.10. The molecule has 2 N–H and O–H groups in total. The summed E-state index contributed by atoms with van der Waals surface area (Å²) >= 11 is 3.41. The number of benzene rings is 2. The molecule has 1 fully saturated rings. The lowest BCUT2D eigenvalue weighted by Crippen LogP contribution is -2.33. The molecule has 2 aromatic rings. The highest BCUT2D eigenvalue weighted by Crippen LogP contribution is 2.28. The normalized spacial score (nSPS) is 13.9. The predicted molar refractivity (Wildman–Crippen MR) is 117 cm³/mol. The van der Waals surface area contributed by atoms with Gasteiger partial charge < -0.3 is 15.5 Å². The Balaban J connectivity index is 1.87. The van der Waals surface area contributed by atoms with Crippen LogP contribution >= 0.6 is 15.9 Å². The van der Waals surface area contributed by atoms with Crippen LogP contribution in [0.3, 0.4) is 0 Å². The number of anilines is 2. The number of rotatable bonds is 6. The quantitative estimate of drug-likeness (QED) is 0.671. The van der Waals surface area contributed by atoms with E-state index in [9.17, 15) is 9.59 Å². The fraction of sp³-hybridized carbons (Fsp3) is 0.364. The van der Waals surface area contributed by atoms with E-state index in [1.807, 2.05) is 37.3 Å². The average Bonchev–Trinajstić information content (AvgIpc) is 2.73. The van der Waals surface area contributed by atoms with Crippen molar-refractivity contribution >= 4 is 39.1 Å². The van der Waals surface area contributed by atoms with Gasteiger partial charge in [-0.05, 0) is 71.9 Å². The van der Waals surface area contributed by atoms with E-state index in [0.29, 0.717) is 23.4 Å². The zero-order valence-electron chi connectivity index (χ0n) is 16.1. The first-order valence-electron chi connectivity index (χ1n) is 9.83. The molecule has 1 aliphatic rings. The summed E-state index contributed by atoms with van der Waals surface area (Å²) in [5.74, 6) is -0.308. The Kier molecular flexibility index (Phi) is 7.09. The van der Waals surface area contributed by atoms with Crippen molar-refractivity contribution < 1.29 is 9.59 Å². The Bertz CT molecular complexity index is 847. The number of hydrogen-bond donors (Lipinski definition) is 2. The van der Waals surface area contributed by atoms with E-state index in [4.69, 9.17) is 0 Å². The number of halogens is 1. The maximum absolute atomic E-state index is 12.8. The van der Waals surface area contributed by atoms with Gasteiger partial charge in [-0.15, -0.1) is 0 Å². The molecule has 0 atom stereocenters. The molecule has 1 aliphatic heterocycles. The zero-order chi connectivity index (χ0) is 19.9. The van der Waals surface area contributed by atoms with Gasteiger partial charge in [-0.3, -0.25) is 9.59 Å². The minimum absolute atomic E-state index is 0.0978. The van der Waals surface area contributed by atoms with Gasteiger partial charge in [-0.1, -0.05) is 19.1 Å². The molecule has 0 unspecified atom stereocenters. The van der Waals surface area contributed by atoms with E-state index in [-0.39, 0.29) is 11.8 Å². The summed E-state index contributed by atoms with van der Waals surface area (Å²) in [6, 6.07) is 12.9. The molecule has 5 nitrogen and oxygen atoms in total. The van der Waals surface area contributed by atoms with Crippen molar-refractivity contribution in [3.63, 3.8) is 0 Å². The van der Waals surface area contributed by atoms with E-state index >= 15 is 0 Å². The van der Waals surface area contributed by atoms with Crippen molar-refractivity contribution in [2.45, 2.75) is 32.6 Å². The van der Waals surface area contributed by atoms with Gasteiger partial charge in [0, 0.05) is 35.5 Å². The number of carbonyl (C=O) groups excluding carboxylic acids is 2. The number of amides is 2. The van der Waals surface area contributed by atoms with Crippen molar-refractivity contribution in [3.8, 4) is 0 Å². The summed E-state index contributed by atoms with van der Waals surface area (Å²) in [4.78, 5) is 27.7. The Morgan fingerprint density at radius 3 is 2.46 bits per heavy atom. The predicted octanol–water partition coefficient (Wildman–Crippen LogP) is 4.83. The molecule has 0 radical (unpaired) electrons. The largest absolute Gasteiger partial charge is 0.371 e. The Morgan fingerprint density at radius 1 is 1.00 bits per heavy atom. The van der Waals surface area contributed by atoms with Gasteiger partial charge in [0.05, 0.1) is 11.1 Å². The molecule has 28 heavy (non-hydrogen) atoms. The third-order valence-corrected chi connectivity index (χ3v) is 5.54. The summed E-state index contributed by atoms with van der Waals surface area (Å²) in [6.07, 6.45) is 4.38. The summed E-state index contributed by atoms with van der Waals surface area (Å²) < 4.78 is 0.735. The monoisotopic (exact) mass is 443 g/mol. The molecular weight excluding hydrogens is 418 g/mol. The topological polar surface area (TPSA) is 61.4 Å². The third-order valence-electron chi connectivity index (χ3n) is 4.85. The highest BCUT2D eigenvalue weighted by atomic mass is 79.9. The van der Waals surface area contributed by atoms with E-state index in [2.05, 4.69) is 31.5 Å². The van der Waals surface area contributed by atoms with Gasteiger partial charge in [0.15, 0.2) is 0 Å². The van der Waals surface area contributed by atoms with E-state index in [1.54, 1.807) is 12.1 Å². The summed E-state index contributed by atoms with van der Waals surface area (Å²) in [7, 11) is 0. The van der Waals surface area contributed by atoms with Crippen LogP contribution in [0.4, 0.5) is 11.4 Å². The number of carbonyl (C=O) groups is 2. The molecule has 0 spiro atoms. The summed E-state index contributed by atoms with van der Waals surface area (Å²) in [5.41, 5.74) is 2.72. The van der Waals surface area contributed by atoms with E-state index in [0.717, 1.165) is 42.5 Å². The second kappa shape index (κ2) is 9.73. The lowest BCUT2D eigenvalue weighted by Gasteiger charge is -2.30. The first kappa shape index (κ1) is 20.4. The number of nitrogens with zero attached hydrogens (tertiary/aromatic N) is 1. The van der Waals surface area contributed by atoms with E-state index in [1.165, 1.54) is 6.42 Å². The molecule has 0 aliphatic carbocycles. The molecular formula is C22H26BrN3O2. The van der Waals surface area contributed by atoms with Gasteiger partial charge in [-0.25, -0.2) is 0 Å². The molecule has 0 bridgehead atoms. The second-order valence-corrected chi connectivity index (χ2v) is 7.82. The molecule has 2 aromatic carbocycles. The maximum Gasteiger partial charge on any atom is 0.256 e. The Labute approximate surface area is 174 Å². The molecule has 3 rings (SSSR count). The van der Waals surface area contributed by atoms with Gasteiger partial charge >= 0.3 is 0 Å². The summed E-state index contributed by atoms with van der Waals surface area (Å²) in [6.45, 7) is 4.57. The van der Waals surface area contributed by atoms with Crippen molar-refractivity contribution in [2.24, 2.45) is 0 Å². The van der Waals surface area contributed by atoms with Crippen molar-refractivity contribution in [1.29, 1.82) is 0 Å². The van der Waals surface area contributed by atoms with Crippen LogP contribution < -0.4 is 15.5 Å². The van der Waals surface area contributed by atoms with Gasteiger partial charge in [0.2, 0.25) is 0 Å². The Hall–Kier alpha value is -2.34. The van der Waals surface area contributed by atoms with Crippen molar-refractivity contribution in [2.75, 3.05) is 29.9 Å². The smallest absolute Gasteiger partial charge is 0.256 e. The van der Waals surface area contributed by atoms with Crippen LogP contribution in [0, 0.1) is 0 Å². The van der Waals surface area contributed by atoms with Crippen LogP contribution in [0.1, 0.15) is 53.3 Å². The number of hydrogen-bond acceptors (Lipinski definition) is 3. The lowest BCUT2D eigenvalue weighted by atomic mass is 10.1. The minimum Gasteiger partial charge on any atom is -0.371 e. The molecule has 0 saturated carbocycles. The van der Waals surface area contributed by atoms with Crippen LogP contribution in [0.5, 0.6) is 0 Å². The molecule has 1 heterocycles. The second-order valence-electron chi connectivity index (χ2n) is 6.97. The van der Waals surface area contributed by atoms with Crippen molar-refractivity contribution in [1.82, 2.24) is 5.32 Å². The van der Waals surface area contributed by atoms with Gasteiger partial charge in [-0.2, -0.15) is 0 Å². The first-order chi connectivity index (χ1) is 13.6. The third kappa shape index (κ3) is 4.93. The van der Waals surface area contributed by atoms with Gasteiger partial charge in [0.25, 0.3) is 11.8 Å². The molecule has 0 aromatic heterocycles.